The average molecular weight is 411 g/mol. The van der Waals surface area contributed by atoms with Crippen LogP contribution < -0.4 is 20.9 Å². The summed E-state index contributed by atoms with van der Waals surface area (Å²) in [4.78, 5) is 17.1. The summed E-state index contributed by atoms with van der Waals surface area (Å²) >= 11 is 0. The minimum atomic E-state index is -0.400. The zero-order chi connectivity index (χ0) is 21.3. The third-order valence-corrected chi connectivity index (χ3v) is 5.24. The van der Waals surface area contributed by atoms with E-state index in [1.165, 1.54) is 36.2 Å². The van der Waals surface area contributed by atoms with Crippen LogP contribution in [0.5, 0.6) is 0 Å². The van der Waals surface area contributed by atoms with Crippen LogP contribution in [0.3, 0.4) is 0 Å². The van der Waals surface area contributed by atoms with Crippen molar-refractivity contribution < 1.29 is 4.92 Å². The maximum Gasteiger partial charge on any atom is 0.269 e. The van der Waals surface area contributed by atoms with Crippen molar-refractivity contribution in [3.8, 4) is 0 Å². The first kappa shape index (κ1) is 21.4. The van der Waals surface area contributed by atoms with Gasteiger partial charge in [0.15, 0.2) is 5.96 Å². The predicted molar refractivity (Wildman–Crippen MR) is 122 cm³/mol. The normalized spacial score (nSPS) is 15.0. The highest BCUT2D eigenvalue weighted by atomic mass is 16.6. The fraction of sp³-hybridized carbons (Fsp3) is 0.409. The van der Waals surface area contributed by atoms with Crippen molar-refractivity contribution in [2.24, 2.45) is 4.99 Å². The first-order valence-corrected chi connectivity index (χ1v) is 10.4. The largest absolute Gasteiger partial charge is 0.383 e. The molecule has 2 aromatic carbocycles. The second kappa shape index (κ2) is 10.5. The predicted octanol–water partition coefficient (Wildman–Crippen LogP) is 3.53. The molecule has 3 rings (SSSR count). The zero-order valence-electron chi connectivity index (χ0n) is 17.6. The van der Waals surface area contributed by atoms with E-state index >= 15 is 0 Å². The van der Waals surface area contributed by atoms with Crippen LogP contribution in [0.15, 0.2) is 53.5 Å². The SMILES string of the molecule is CN=C(NCCNc1ccc([N+](=O)[O-])cc1)NC(C)c1cccc(N2CCCC2)c1. The first-order valence-electron chi connectivity index (χ1n) is 10.4. The number of hydrogen-bond acceptors (Lipinski definition) is 5. The molecule has 0 spiro atoms. The van der Waals surface area contributed by atoms with Gasteiger partial charge in [0.2, 0.25) is 0 Å². The van der Waals surface area contributed by atoms with Crippen molar-refractivity contribution in [3.63, 3.8) is 0 Å². The van der Waals surface area contributed by atoms with Gasteiger partial charge < -0.3 is 20.9 Å². The molecule has 8 heteroatoms. The second-order valence-electron chi connectivity index (χ2n) is 7.38. The molecule has 2 aromatic rings. The molecule has 1 aliphatic heterocycles. The van der Waals surface area contributed by atoms with Gasteiger partial charge in [0.25, 0.3) is 5.69 Å². The van der Waals surface area contributed by atoms with Crippen molar-refractivity contribution in [1.29, 1.82) is 0 Å². The van der Waals surface area contributed by atoms with Crippen LogP contribution in [0.1, 0.15) is 31.4 Å². The summed E-state index contributed by atoms with van der Waals surface area (Å²) in [6.45, 7) is 5.73. The van der Waals surface area contributed by atoms with Gasteiger partial charge in [0, 0.05) is 56.7 Å². The number of nitrogens with one attached hydrogen (secondary N) is 3. The molecule has 1 unspecified atom stereocenters. The number of rotatable bonds is 8. The van der Waals surface area contributed by atoms with Gasteiger partial charge in [-0.15, -0.1) is 0 Å². The Hall–Kier alpha value is -3.29. The van der Waals surface area contributed by atoms with E-state index in [9.17, 15) is 10.1 Å². The molecule has 0 amide bonds. The molecule has 0 aliphatic carbocycles. The molecular weight excluding hydrogens is 380 g/mol. The maximum atomic E-state index is 10.7. The quantitative estimate of drug-likeness (QED) is 0.203. The molecule has 0 saturated carbocycles. The zero-order valence-corrected chi connectivity index (χ0v) is 17.6. The van der Waals surface area contributed by atoms with Crippen LogP contribution in [-0.2, 0) is 0 Å². The van der Waals surface area contributed by atoms with E-state index in [0.29, 0.717) is 13.1 Å². The van der Waals surface area contributed by atoms with E-state index in [4.69, 9.17) is 0 Å². The fourth-order valence-corrected chi connectivity index (χ4v) is 3.54. The Morgan fingerprint density at radius 1 is 1.17 bits per heavy atom. The molecule has 30 heavy (non-hydrogen) atoms. The Labute approximate surface area is 177 Å². The van der Waals surface area contributed by atoms with Gasteiger partial charge in [0.05, 0.1) is 11.0 Å². The summed E-state index contributed by atoms with van der Waals surface area (Å²) < 4.78 is 0. The lowest BCUT2D eigenvalue weighted by Gasteiger charge is -2.22. The molecule has 0 aromatic heterocycles. The Morgan fingerprint density at radius 2 is 1.90 bits per heavy atom. The van der Waals surface area contributed by atoms with Crippen molar-refractivity contribution in [2.75, 3.05) is 43.4 Å². The Balaban J connectivity index is 1.46. The number of aliphatic imine (C=N–C) groups is 1. The van der Waals surface area contributed by atoms with E-state index in [2.05, 4.69) is 57.0 Å². The standard InChI is InChI=1S/C22H30N6O2/c1-17(18-6-5-7-21(16-18)27-14-3-4-15-27)26-22(23-2)25-13-12-24-19-8-10-20(11-9-19)28(29)30/h5-11,16-17,24H,3-4,12-15H2,1-2H3,(H2,23,25,26). The molecule has 1 fully saturated rings. The van der Waals surface area contributed by atoms with Gasteiger partial charge in [0.1, 0.15) is 0 Å². The molecule has 3 N–H and O–H groups in total. The lowest BCUT2D eigenvalue weighted by Crippen LogP contribution is -2.40. The highest BCUT2D eigenvalue weighted by Gasteiger charge is 2.14. The smallest absolute Gasteiger partial charge is 0.269 e. The molecule has 1 aliphatic rings. The monoisotopic (exact) mass is 410 g/mol. The molecule has 0 radical (unpaired) electrons. The summed E-state index contributed by atoms with van der Waals surface area (Å²) in [6.07, 6.45) is 2.53. The number of anilines is 2. The number of guanidine groups is 1. The highest BCUT2D eigenvalue weighted by molar-refractivity contribution is 5.80. The molecule has 8 nitrogen and oxygen atoms in total. The Kier molecular flexibility index (Phi) is 7.48. The number of hydrogen-bond donors (Lipinski definition) is 3. The van der Waals surface area contributed by atoms with Crippen LogP contribution >= 0.6 is 0 Å². The van der Waals surface area contributed by atoms with E-state index in [0.717, 1.165) is 24.7 Å². The van der Waals surface area contributed by atoms with Gasteiger partial charge in [-0.1, -0.05) is 12.1 Å². The number of nitro groups is 1. The van der Waals surface area contributed by atoms with E-state index in [1.54, 1.807) is 19.2 Å². The topological polar surface area (TPSA) is 94.8 Å². The number of nitro benzene ring substituents is 1. The minimum absolute atomic E-state index is 0.0889. The molecule has 1 saturated heterocycles. The molecule has 1 atom stereocenters. The number of nitrogens with zero attached hydrogens (tertiary/aromatic N) is 3. The van der Waals surface area contributed by atoms with E-state index in [-0.39, 0.29) is 11.7 Å². The van der Waals surface area contributed by atoms with Gasteiger partial charge in [-0.2, -0.15) is 0 Å². The van der Waals surface area contributed by atoms with Gasteiger partial charge >= 0.3 is 0 Å². The van der Waals surface area contributed by atoms with Gasteiger partial charge in [-0.25, -0.2) is 0 Å². The van der Waals surface area contributed by atoms with Crippen LogP contribution in [0.4, 0.5) is 17.1 Å². The minimum Gasteiger partial charge on any atom is -0.383 e. The van der Waals surface area contributed by atoms with Crippen molar-refractivity contribution >= 4 is 23.0 Å². The molecule has 0 bridgehead atoms. The van der Waals surface area contributed by atoms with Crippen molar-refractivity contribution in [3.05, 3.63) is 64.2 Å². The summed E-state index contributed by atoms with van der Waals surface area (Å²) in [5.74, 6) is 0.736. The maximum absolute atomic E-state index is 10.7. The van der Waals surface area contributed by atoms with Gasteiger partial charge in [-0.3, -0.25) is 15.1 Å². The number of non-ortho nitro benzene ring substituents is 1. The van der Waals surface area contributed by atoms with E-state index < -0.39 is 4.92 Å². The molecule has 160 valence electrons. The summed E-state index contributed by atoms with van der Waals surface area (Å²) in [5, 5.41) is 20.7. The van der Waals surface area contributed by atoms with E-state index in [1.807, 2.05) is 0 Å². The fourth-order valence-electron chi connectivity index (χ4n) is 3.54. The van der Waals surface area contributed by atoms with Crippen molar-refractivity contribution in [2.45, 2.75) is 25.8 Å². The van der Waals surface area contributed by atoms with Crippen LogP contribution in [0.25, 0.3) is 0 Å². The summed E-state index contributed by atoms with van der Waals surface area (Å²) in [5.41, 5.74) is 3.45. The van der Waals surface area contributed by atoms with Gasteiger partial charge in [-0.05, 0) is 49.6 Å². The average Bonchev–Trinajstić information content (AvgIpc) is 3.31. The summed E-state index contributed by atoms with van der Waals surface area (Å²) in [6, 6.07) is 15.2. The van der Waals surface area contributed by atoms with Crippen LogP contribution in [0.2, 0.25) is 0 Å². The highest BCUT2D eigenvalue weighted by Crippen LogP contribution is 2.24. The first-order chi connectivity index (χ1) is 14.6. The van der Waals surface area contributed by atoms with Crippen molar-refractivity contribution in [1.82, 2.24) is 10.6 Å². The molecule has 1 heterocycles. The number of benzene rings is 2. The molecular formula is C22H30N6O2. The lowest BCUT2D eigenvalue weighted by molar-refractivity contribution is -0.384. The lowest BCUT2D eigenvalue weighted by atomic mass is 10.1. The third kappa shape index (κ3) is 5.85. The Bertz CT molecular complexity index is 862. The second-order valence-corrected chi connectivity index (χ2v) is 7.38. The third-order valence-electron chi connectivity index (χ3n) is 5.24. The van der Waals surface area contributed by atoms with Crippen LogP contribution in [0, 0.1) is 10.1 Å². The Morgan fingerprint density at radius 3 is 2.57 bits per heavy atom. The summed E-state index contributed by atoms with van der Waals surface area (Å²) in [7, 11) is 1.76. The van der Waals surface area contributed by atoms with Crippen LogP contribution in [-0.4, -0.2) is 44.1 Å².